The lowest BCUT2D eigenvalue weighted by molar-refractivity contribution is 0.320. The van der Waals surface area contributed by atoms with E-state index in [1.807, 2.05) is 12.1 Å². The number of hydrogen-bond donors (Lipinski definition) is 0. The SMILES string of the molecule is COc1ccc(CN2CC[C@H](C)C2)cc1. The second kappa shape index (κ2) is 4.67. The highest BCUT2D eigenvalue weighted by molar-refractivity contribution is 5.27. The predicted molar refractivity (Wildman–Crippen MR) is 62.1 cm³/mol. The maximum Gasteiger partial charge on any atom is 0.118 e. The highest BCUT2D eigenvalue weighted by Crippen LogP contribution is 2.19. The summed E-state index contributed by atoms with van der Waals surface area (Å²) in [6.07, 6.45) is 1.34. The molecule has 1 heterocycles. The Morgan fingerprint density at radius 3 is 2.60 bits per heavy atom. The predicted octanol–water partition coefficient (Wildman–Crippen LogP) is 2.54. The molecule has 0 radical (unpaired) electrons. The molecule has 1 fully saturated rings. The fourth-order valence-corrected chi connectivity index (χ4v) is 2.16. The number of likely N-dealkylation sites (tertiary alicyclic amines) is 1. The van der Waals surface area contributed by atoms with Crippen molar-refractivity contribution in [2.24, 2.45) is 5.92 Å². The van der Waals surface area contributed by atoms with Crippen LogP contribution in [-0.4, -0.2) is 25.1 Å². The van der Waals surface area contributed by atoms with Crippen LogP contribution in [0.25, 0.3) is 0 Å². The second-order valence-electron chi connectivity index (χ2n) is 4.48. The van der Waals surface area contributed by atoms with Crippen molar-refractivity contribution in [1.82, 2.24) is 4.90 Å². The smallest absolute Gasteiger partial charge is 0.118 e. The highest BCUT2D eigenvalue weighted by Gasteiger charge is 2.18. The van der Waals surface area contributed by atoms with Crippen molar-refractivity contribution in [3.8, 4) is 5.75 Å². The third-order valence-corrected chi connectivity index (χ3v) is 3.07. The van der Waals surface area contributed by atoms with E-state index in [1.54, 1.807) is 7.11 Å². The van der Waals surface area contributed by atoms with Crippen LogP contribution in [0.2, 0.25) is 0 Å². The van der Waals surface area contributed by atoms with Crippen LogP contribution in [0.15, 0.2) is 24.3 Å². The molecule has 0 saturated carbocycles. The third-order valence-electron chi connectivity index (χ3n) is 3.07. The molecule has 0 aliphatic carbocycles. The van der Waals surface area contributed by atoms with Gasteiger partial charge in [-0.3, -0.25) is 4.90 Å². The van der Waals surface area contributed by atoms with Gasteiger partial charge < -0.3 is 4.74 Å². The van der Waals surface area contributed by atoms with Gasteiger partial charge in [-0.25, -0.2) is 0 Å². The summed E-state index contributed by atoms with van der Waals surface area (Å²) in [5.41, 5.74) is 1.38. The van der Waals surface area contributed by atoms with Crippen LogP contribution in [0.1, 0.15) is 18.9 Å². The monoisotopic (exact) mass is 205 g/mol. The van der Waals surface area contributed by atoms with Crippen molar-refractivity contribution < 1.29 is 4.74 Å². The van der Waals surface area contributed by atoms with Gasteiger partial charge in [-0.15, -0.1) is 0 Å². The third kappa shape index (κ3) is 2.72. The summed E-state index contributed by atoms with van der Waals surface area (Å²) in [5.74, 6) is 1.80. The van der Waals surface area contributed by atoms with Crippen LogP contribution in [0, 0.1) is 5.92 Å². The van der Waals surface area contributed by atoms with Crippen LogP contribution in [0.3, 0.4) is 0 Å². The molecule has 1 atom stereocenters. The van der Waals surface area contributed by atoms with Gasteiger partial charge in [0.2, 0.25) is 0 Å². The quantitative estimate of drug-likeness (QED) is 0.752. The number of nitrogens with zero attached hydrogens (tertiary/aromatic N) is 1. The molecule has 0 aromatic heterocycles. The largest absolute Gasteiger partial charge is 0.497 e. The molecule has 0 spiro atoms. The van der Waals surface area contributed by atoms with E-state index >= 15 is 0 Å². The van der Waals surface area contributed by atoms with Gasteiger partial charge in [0.05, 0.1) is 7.11 Å². The van der Waals surface area contributed by atoms with Crippen LogP contribution in [-0.2, 0) is 6.54 Å². The maximum atomic E-state index is 5.14. The molecule has 1 saturated heterocycles. The molecule has 1 aliphatic heterocycles. The first-order valence-corrected chi connectivity index (χ1v) is 5.63. The van der Waals surface area contributed by atoms with Gasteiger partial charge in [0.25, 0.3) is 0 Å². The Kier molecular flexibility index (Phi) is 3.27. The van der Waals surface area contributed by atoms with Gasteiger partial charge in [0, 0.05) is 13.1 Å². The first kappa shape index (κ1) is 10.5. The summed E-state index contributed by atoms with van der Waals surface area (Å²) >= 11 is 0. The molecule has 0 amide bonds. The average Bonchev–Trinajstić information content (AvgIpc) is 2.65. The molecule has 0 N–H and O–H groups in total. The summed E-state index contributed by atoms with van der Waals surface area (Å²) in [6.45, 7) is 5.89. The molecule has 15 heavy (non-hydrogen) atoms. The van der Waals surface area contributed by atoms with Crippen molar-refractivity contribution in [3.63, 3.8) is 0 Å². The van der Waals surface area contributed by atoms with Gasteiger partial charge >= 0.3 is 0 Å². The fourth-order valence-electron chi connectivity index (χ4n) is 2.16. The standard InChI is InChI=1S/C13H19NO/c1-11-7-8-14(9-11)10-12-3-5-13(15-2)6-4-12/h3-6,11H,7-10H2,1-2H3/t11-/m0/s1. The summed E-state index contributed by atoms with van der Waals surface area (Å²) in [5, 5.41) is 0. The zero-order valence-corrected chi connectivity index (χ0v) is 9.57. The van der Waals surface area contributed by atoms with E-state index in [4.69, 9.17) is 4.74 Å². The van der Waals surface area contributed by atoms with Crippen LogP contribution >= 0.6 is 0 Å². The Hall–Kier alpha value is -1.02. The van der Waals surface area contributed by atoms with E-state index in [1.165, 1.54) is 25.1 Å². The number of methoxy groups -OCH3 is 1. The second-order valence-corrected chi connectivity index (χ2v) is 4.48. The maximum absolute atomic E-state index is 5.14. The lowest BCUT2D eigenvalue weighted by atomic mass is 10.2. The van der Waals surface area contributed by atoms with E-state index < -0.39 is 0 Å². The lowest BCUT2D eigenvalue weighted by Crippen LogP contribution is -2.19. The van der Waals surface area contributed by atoms with Gasteiger partial charge in [-0.05, 0) is 36.6 Å². The molecular formula is C13H19NO. The Balaban J connectivity index is 1.93. The topological polar surface area (TPSA) is 12.5 Å². The van der Waals surface area contributed by atoms with Crippen LogP contribution in [0.4, 0.5) is 0 Å². The lowest BCUT2D eigenvalue weighted by Gasteiger charge is -2.15. The number of ether oxygens (including phenoxy) is 1. The Bertz CT molecular complexity index is 307. The minimum Gasteiger partial charge on any atom is -0.497 e. The highest BCUT2D eigenvalue weighted by atomic mass is 16.5. The Labute approximate surface area is 91.9 Å². The van der Waals surface area contributed by atoms with E-state index in [0.717, 1.165) is 18.2 Å². The summed E-state index contributed by atoms with van der Waals surface area (Å²) in [7, 11) is 1.71. The molecule has 0 unspecified atom stereocenters. The summed E-state index contributed by atoms with van der Waals surface area (Å²) in [4.78, 5) is 2.52. The van der Waals surface area contributed by atoms with Crippen molar-refractivity contribution in [3.05, 3.63) is 29.8 Å². The van der Waals surface area contributed by atoms with Crippen molar-refractivity contribution in [2.45, 2.75) is 19.9 Å². The molecule has 1 aromatic carbocycles. The molecular weight excluding hydrogens is 186 g/mol. The number of hydrogen-bond acceptors (Lipinski definition) is 2. The number of rotatable bonds is 3. The van der Waals surface area contributed by atoms with E-state index in [-0.39, 0.29) is 0 Å². The van der Waals surface area contributed by atoms with Crippen molar-refractivity contribution >= 4 is 0 Å². The molecule has 0 bridgehead atoms. The van der Waals surface area contributed by atoms with Gasteiger partial charge in [-0.1, -0.05) is 19.1 Å². The molecule has 2 nitrogen and oxygen atoms in total. The molecule has 1 aromatic rings. The Morgan fingerprint density at radius 1 is 1.33 bits per heavy atom. The Morgan fingerprint density at radius 2 is 2.07 bits per heavy atom. The molecule has 2 rings (SSSR count). The molecule has 82 valence electrons. The fraction of sp³-hybridized carbons (Fsp3) is 0.538. The minimum absolute atomic E-state index is 0.864. The van der Waals surface area contributed by atoms with E-state index in [0.29, 0.717) is 0 Å². The van der Waals surface area contributed by atoms with Crippen LogP contribution in [0.5, 0.6) is 5.75 Å². The normalized spacial score (nSPS) is 21.9. The van der Waals surface area contributed by atoms with Crippen molar-refractivity contribution in [1.29, 1.82) is 0 Å². The minimum atomic E-state index is 0.864. The first-order chi connectivity index (χ1) is 7.28. The zero-order chi connectivity index (χ0) is 10.7. The summed E-state index contributed by atoms with van der Waals surface area (Å²) in [6, 6.07) is 8.38. The zero-order valence-electron chi connectivity index (χ0n) is 9.57. The number of benzene rings is 1. The van der Waals surface area contributed by atoms with Gasteiger partial charge in [0.15, 0.2) is 0 Å². The van der Waals surface area contributed by atoms with Gasteiger partial charge in [-0.2, -0.15) is 0 Å². The first-order valence-electron chi connectivity index (χ1n) is 5.63. The molecule has 1 aliphatic rings. The van der Waals surface area contributed by atoms with Crippen molar-refractivity contribution in [2.75, 3.05) is 20.2 Å². The summed E-state index contributed by atoms with van der Waals surface area (Å²) < 4.78 is 5.14. The van der Waals surface area contributed by atoms with E-state index in [2.05, 4.69) is 24.0 Å². The van der Waals surface area contributed by atoms with E-state index in [9.17, 15) is 0 Å². The van der Waals surface area contributed by atoms with Gasteiger partial charge in [0.1, 0.15) is 5.75 Å². The van der Waals surface area contributed by atoms with Crippen LogP contribution < -0.4 is 4.74 Å². The molecule has 2 heteroatoms. The average molecular weight is 205 g/mol.